The summed E-state index contributed by atoms with van der Waals surface area (Å²) < 4.78 is 0. The zero-order valence-corrected chi connectivity index (χ0v) is 7.34. The molecule has 0 atom stereocenters. The second-order valence-electron chi connectivity index (χ2n) is 3.34. The van der Waals surface area contributed by atoms with Gasteiger partial charge in [-0.05, 0) is 25.7 Å². The van der Waals surface area contributed by atoms with Gasteiger partial charge in [0.15, 0.2) is 0 Å². The molecule has 0 N–H and O–H groups in total. The van der Waals surface area contributed by atoms with Crippen molar-refractivity contribution in [3.63, 3.8) is 0 Å². The zero-order chi connectivity index (χ0) is 8.39. The molecule has 0 bridgehead atoms. The Labute approximate surface area is 73.1 Å². The van der Waals surface area contributed by atoms with Crippen molar-refractivity contribution in [2.75, 3.05) is 13.1 Å². The Morgan fingerprint density at radius 2 is 1.50 bits per heavy atom. The van der Waals surface area contributed by atoms with Crippen LogP contribution in [0.4, 0.5) is 0 Å². The lowest BCUT2D eigenvalue weighted by atomic mass is 10.0. The van der Waals surface area contributed by atoms with Crippen molar-refractivity contribution < 1.29 is 0 Å². The Morgan fingerprint density at radius 1 is 1.00 bits per heavy atom. The summed E-state index contributed by atoms with van der Waals surface area (Å²) in [5, 5.41) is 0. The summed E-state index contributed by atoms with van der Waals surface area (Å²) in [6.45, 7) is 6.03. The minimum Gasteiger partial charge on any atom is -0.289 e. The average molecular weight is 162 g/mol. The maximum atomic E-state index is 4.42. The normalized spacial score (nSPS) is 22.3. The molecule has 0 saturated heterocycles. The fraction of sp³-hybridized carbons (Fsp3) is 0.600. The number of nitrogens with zero attached hydrogens (tertiary/aromatic N) is 2. The smallest absolute Gasteiger partial charge is 0.0433 e. The largest absolute Gasteiger partial charge is 0.289 e. The Kier molecular flexibility index (Phi) is 2.07. The predicted molar refractivity (Wildman–Crippen MR) is 52.2 cm³/mol. The summed E-state index contributed by atoms with van der Waals surface area (Å²) in [5.74, 6) is 0. The van der Waals surface area contributed by atoms with E-state index in [-0.39, 0.29) is 0 Å². The molecule has 0 spiro atoms. The van der Waals surface area contributed by atoms with Gasteiger partial charge in [0.2, 0.25) is 0 Å². The lowest BCUT2D eigenvalue weighted by molar-refractivity contribution is 0.950. The van der Waals surface area contributed by atoms with E-state index in [0.29, 0.717) is 0 Å². The van der Waals surface area contributed by atoms with E-state index >= 15 is 0 Å². The van der Waals surface area contributed by atoms with Crippen LogP contribution in [-0.4, -0.2) is 24.5 Å². The summed E-state index contributed by atoms with van der Waals surface area (Å²) in [7, 11) is 0. The quantitative estimate of drug-likeness (QED) is 0.593. The molecule has 2 heteroatoms. The van der Waals surface area contributed by atoms with E-state index in [9.17, 15) is 0 Å². The van der Waals surface area contributed by atoms with E-state index in [0.717, 1.165) is 31.5 Å². The summed E-state index contributed by atoms with van der Waals surface area (Å²) >= 11 is 0. The Morgan fingerprint density at radius 3 is 1.83 bits per heavy atom. The van der Waals surface area contributed by atoms with Crippen molar-refractivity contribution in [1.82, 2.24) is 0 Å². The highest BCUT2D eigenvalue weighted by Crippen LogP contribution is 2.17. The lowest BCUT2D eigenvalue weighted by Crippen LogP contribution is -2.07. The average Bonchev–Trinajstić information content (AvgIpc) is 2.77. The van der Waals surface area contributed by atoms with E-state index in [4.69, 9.17) is 0 Å². The van der Waals surface area contributed by atoms with Crippen LogP contribution in [0.1, 0.15) is 25.7 Å². The van der Waals surface area contributed by atoms with Gasteiger partial charge in [-0.15, -0.1) is 0 Å². The first kappa shape index (κ1) is 7.71. The summed E-state index contributed by atoms with van der Waals surface area (Å²) in [4.78, 5) is 8.83. The maximum absolute atomic E-state index is 4.42. The van der Waals surface area contributed by atoms with Gasteiger partial charge in [-0.1, -0.05) is 6.58 Å². The van der Waals surface area contributed by atoms with Crippen LogP contribution in [0.3, 0.4) is 0 Å². The molecule has 2 aliphatic rings. The monoisotopic (exact) mass is 162 g/mol. The van der Waals surface area contributed by atoms with Crippen LogP contribution < -0.4 is 0 Å². The Bertz CT molecular complexity index is 235. The summed E-state index contributed by atoms with van der Waals surface area (Å²) in [6.07, 6.45) is 4.61. The topological polar surface area (TPSA) is 24.7 Å². The molecule has 0 aromatic heterocycles. The van der Waals surface area contributed by atoms with Crippen LogP contribution in [0.25, 0.3) is 0 Å². The number of hydrogen-bond donors (Lipinski definition) is 0. The highest BCUT2D eigenvalue weighted by atomic mass is 14.8. The molecule has 0 aliphatic carbocycles. The lowest BCUT2D eigenvalue weighted by Gasteiger charge is -2.03. The first-order valence-electron chi connectivity index (χ1n) is 4.64. The van der Waals surface area contributed by atoms with E-state index in [1.807, 2.05) is 0 Å². The molecule has 0 aromatic carbocycles. The third-order valence-electron chi connectivity index (χ3n) is 2.45. The van der Waals surface area contributed by atoms with Gasteiger partial charge in [-0.3, -0.25) is 9.98 Å². The first-order chi connectivity index (χ1) is 5.88. The number of rotatable bonds is 2. The van der Waals surface area contributed by atoms with Crippen molar-refractivity contribution in [3.8, 4) is 0 Å². The minimum absolute atomic E-state index is 0.988. The molecule has 64 valence electrons. The van der Waals surface area contributed by atoms with Gasteiger partial charge in [-0.2, -0.15) is 0 Å². The van der Waals surface area contributed by atoms with Gasteiger partial charge in [0, 0.05) is 30.1 Å². The van der Waals surface area contributed by atoms with Crippen LogP contribution in [0.5, 0.6) is 0 Å². The molecule has 0 radical (unpaired) electrons. The second-order valence-corrected chi connectivity index (χ2v) is 3.34. The van der Waals surface area contributed by atoms with Crippen molar-refractivity contribution in [2.45, 2.75) is 25.7 Å². The van der Waals surface area contributed by atoms with Gasteiger partial charge >= 0.3 is 0 Å². The van der Waals surface area contributed by atoms with Gasteiger partial charge in [0.1, 0.15) is 0 Å². The van der Waals surface area contributed by atoms with Crippen LogP contribution in [-0.2, 0) is 0 Å². The predicted octanol–water partition coefficient (Wildman–Crippen LogP) is 2.01. The molecule has 2 nitrogen and oxygen atoms in total. The number of allylic oxidation sites excluding steroid dienone is 1. The minimum atomic E-state index is 0.988. The summed E-state index contributed by atoms with van der Waals surface area (Å²) in [5.41, 5.74) is 3.52. The highest BCUT2D eigenvalue weighted by molar-refractivity contribution is 6.24. The molecule has 0 fully saturated rings. The van der Waals surface area contributed by atoms with Crippen molar-refractivity contribution in [1.29, 1.82) is 0 Å². The van der Waals surface area contributed by atoms with E-state index in [1.165, 1.54) is 24.3 Å². The van der Waals surface area contributed by atoms with Gasteiger partial charge in [-0.25, -0.2) is 0 Å². The number of aliphatic imine (C=N–C) groups is 2. The summed E-state index contributed by atoms with van der Waals surface area (Å²) in [6, 6.07) is 0. The van der Waals surface area contributed by atoms with Gasteiger partial charge in [0.05, 0.1) is 0 Å². The molecule has 12 heavy (non-hydrogen) atoms. The number of hydrogen-bond acceptors (Lipinski definition) is 2. The van der Waals surface area contributed by atoms with Crippen LogP contribution in [0.15, 0.2) is 22.1 Å². The van der Waals surface area contributed by atoms with Crippen LogP contribution >= 0.6 is 0 Å². The molecular weight excluding hydrogens is 148 g/mol. The van der Waals surface area contributed by atoms with Crippen molar-refractivity contribution >= 4 is 11.4 Å². The molecular formula is C10H14N2. The molecule has 2 rings (SSSR count). The van der Waals surface area contributed by atoms with Crippen LogP contribution in [0, 0.1) is 0 Å². The van der Waals surface area contributed by atoms with Crippen molar-refractivity contribution in [3.05, 3.63) is 12.2 Å². The van der Waals surface area contributed by atoms with Gasteiger partial charge in [0.25, 0.3) is 0 Å². The van der Waals surface area contributed by atoms with E-state index in [2.05, 4.69) is 16.6 Å². The fourth-order valence-corrected chi connectivity index (χ4v) is 1.74. The maximum Gasteiger partial charge on any atom is 0.0433 e. The third kappa shape index (κ3) is 1.33. The first-order valence-corrected chi connectivity index (χ1v) is 4.64. The molecule has 2 aliphatic heterocycles. The molecule has 2 heterocycles. The standard InChI is InChI=1S/C10H14N2/c1-8(9-4-2-6-11-9)10-5-3-7-12-10/h1-7H2. The third-order valence-corrected chi connectivity index (χ3v) is 2.45. The molecule has 0 saturated carbocycles. The van der Waals surface area contributed by atoms with Crippen molar-refractivity contribution in [2.24, 2.45) is 9.98 Å². The SMILES string of the molecule is C=C(C1=NCCC1)C1=NCCC1. The molecule has 0 aromatic rings. The fourth-order valence-electron chi connectivity index (χ4n) is 1.74. The van der Waals surface area contributed by atoms with E-state index < -0.39 is 0 Å². The Balaban J connectivity index is 2.08. The second kappa shape index (κ2) is 3.21. The molecule has 0 unspecified atom stereocenters. The zero-order valence-electron chi connectivity index (χ0n) is 7.34. The Hall–Kier alpha value is -0.920. The van der Waals surface area contributed by atoms with Gasteiger partial charge < -0.3 is 0 Å². The highest BCUT2D eigenvalue weighted by Gasteiger charge is 2.16. The van der Waals surface area contributed by atoms with Crippen LogP contribution in [0.2, 0.25) is 0 Å². The van der Waals surface area contributed by atoms with E-state index in [1.54, 1.807) is 0 Å². The molecule has 0 amide bonds.